The normalized spacial score (nSPS) is 12.4. The maximum atomic E-state index is 6.30. The van der Waals surface area contributed by atoms with Gasteiger partial charge in [0, 0.05) is 18.0 Å². The first-order chi connectivity index (χ1) is 10.4. The first-order valence-corrected chi connectivity index (χ1v) is 7.85. The summed E-state index contributed by atoms with van der Waals surface area (Å²) in [6, 6.07) is 16.5. The molecule has 0 saturated heterocycles. The lowest BCUT2D eigenvalue weighted by atomic mass is 10.1. The van der Waals surface area contributed by atoms with Crippen LogP contribution in [0.1, 0.15) is 18.1 Å². The summed E-state index contributed by atoms with van der Waals surface area (Å²) in [5.41, 5.74) is 1.20. The molecule has 1 N–H and O–H groups in total. The predicted molar refractivity (Wildman–Crippen MR) is 88.0 cm³/mol. The largest absolute Gasteiger partial charge is 0.484 e. The number of hydrogen-bond acceptors (Lipinski definition) is 4. The summed E-state index contributed by atoms with van der Waals surface area (Å²) in [5.74, 6) is 0.917. The molecule has 1 heterocycles. The molecule has 0 fully saturated rings. The number of rotatable bonds is 6. The van der Waals surface area contributed by atoms with Crippen LogP contribution in [0.5, 0.6) is 5.75 Å². The fourth-order valence-corrected chi connectivity index (χ4v) is 3.05. The average Bonchev–Trinajstić information content (AvgIpc) is 3.01. The van der Waals surface area contributed by atoms with E-state index in [1.807, 2.05) is 31.4 Å². The minimum absolute atomic E-state index is 0.0475. The van der Waals surface area contributed by atoms with Crippen LogP contribution in [0.2, 0.25) is 0 Å². The van der Waals surface area contributed by atoms with Crippen molar-refractivity contribution in [3.63, 3.8) is 0 Å². The van der Waals surface area contributed by atoms with Crippen molar-refractivity contribution in [3.05, 3.63) is 60.3 Å². The number of hydrogen-bond donors (Lipinski definition) is 1. The molecule has 0 radical (unpaired) electrons. The van der Waals surface area contributed by atoms with Crippen LogP contribution < -0.4 is 10.1 Å². The van der Waals surface area contributed by atoms with E-state index in [1.165, 1.54) is 17.1 Å². The summed E-state index contributed by atoms with van der Waals surface area (Å²) in [4.78, 5) is 0. The molecule has 3 aromatic rings. The summed E-state index contributed by atoms with van der Waals surface area (Å²) in [7, 11) is 1.96. The molecule has 1 aromatic heterocycles. The van der Waals surface area contributed by atoms with E-state index in [-0.39, 0.29) is 6.10 Å². The van der Waals surface area contributed by atoms with Crippen molar-refractivity contribution in [2.24, 2.45) is 0 Å². The van der Waals surface area contributed by atoms with Gasteiger partial charge in [-0.3, -0.25) is 0 Å². The topological polar surface area (TPSA) is 34.1 Å². The third-order valence-corrected chi connectivity index (χ3v) is 4.27. The van der Waals surface area contributed by atoms with Crippen LogP contribution in [0.3, 0.4) is 0 Å². The molecule has 0 aliphatic heterocycles. The molecule has 0 bridgehead atoms. The van der Waals surface area contributed by atoms with E-state index in [9.17, 15) is 0 Å². The second-order valence-corrected chi connectivity index (χ2v) is 5.71. The summed E-state index contributed by atoms with van der Waals surface area (Å²) in [6.07, 6.45) is 2.86. The summed E-state index contributed by atoms with van der Waals surface area (Å²) >= 11 is 1.48. The molecule has 108 valence electrons. The molecular formula is C17H18N2OS. The minimum atomic E-state index is 0.0475. The van der Waals surface area contributed by atoms with Crippen LogP contribution in [0.25, 0.3) is 10.1 Å². The van der Waals surface area contributed by atoms with Crippen molar-refractivity contribution in [3.8, 4) is 5.75 Å². The van der Waals surface area contributed by atoms with Gasteiger partial charge < -0.3 is 10.1 Å². The van der Waals surface area contributed by atoms with Crippen molar-refractivity contribution < 1.29 is 4.74 Å². The Hall–Kier alpha value is -1.91. The molecule has 0 amide bonds. The molecule has 3 nitrogen and oxygen atoms in total. The zero-order valence-electron chi connectivity index (χ0n) is 12.0. The first kappa shape index (κ1) is 14.0. The van der Waals surface area contributed by atoms with Gasteiger partial charge in [-0.1, -0.05) is 42.5 Å². The third-order valence-electron chi connectivity index (χ3n) is 3.44. The number of aromatic nitrogens is 1. The lowest BCUT2D eigenvalue weighted by Crippen LogP contribution is -2.16. The van der Waals surface area contributed by atoms with Crippen LogP contribution in [0, 0.1) is 0 Å². The highest BCUT2D eigenvalue weighted by atomic mass is 32.1. The van der Waals surface area contributed by atoms with E-state index in [0.717, 1.165) is 28.8 Å². The van der Waals surface area contributed by atoms with Gasteiger partial charge in [0.15, 0.2) is 0 Å². The lowest BCUT2D eigenvalue weighted by Gasteiger charge is -2.20. The predicted octanol–water partition coefficient (Wildman–Crippen LogP) is 4.03. The maximum Gasteiger partial charge on any atom is 0.139 e. The van der Waals surface area contributed by atoms with E-state index in [2.05, 4.69) is 40.0 Å². The van der Waals surface area contributed by atoms with Crippen LogP contribution in [0.15, 0.2) is 54.7 Å². The van der Waals surface area contributed by atoms with Gasteiger partial charge in [-0.2, -0.15) is 4.37 Å². The molecule has 0 spiro atoms. The van der Waals surface area contributed by atoms with E-state index in [0.29, 0.717) is 0 Å². The maximum absolute atomic E-state index is 6.30. The van der Waals surface area contributed by atoms with Gasteiger partial charge in [0.1, 0.15) is 11.9 Å². The zero-order chi connectivity index (χ0) is 14.5. The Bertz CT molecular complexity index is 696. The number of ether oxygens (including phenoxy) is 1. The standard InChI is InChI=1S/C17H18N2OS/c1-18-11-10-15(13-6-3-2-4-7-13)20-16-9-5-8-14-12-19-21-17(14)16/h2-9,12,15,18H,10-11H2,1H3/t15-/m0/s1. The second kappa shape index (κ2) is 6.70. The van der Waals surface area contributed by atoms with Crippen LogP contribution in [0.4, 0.5) is 0 Å². The molecule has 2 aromatic carbocycles. The SMILES string of the molecule is CNCC[C@H](Oc1cccc2cnsc12)c1ccccc1. The Morgan fingerprint density at radius 1 is 1.14 bits per heavy atom. The quantitative estimate of drug-likeness (QED) is 0.746. The number of benzene rings is 2. The Kier molecular flexibility index (Phi) is 4.48. The fourth-order valence-electron chi connectivity index (χ4n) is 2.35. The number of nitrogens with zero attached hydrogens (tertiary/aromatic N) is 1. The van der Waals surface area contributed by atoms with Crippen molar-refractivity contribution in [1.29, 1.82) is 0 Å². The van der Waals surface area contributed by atoms with Gasteiger partial charge in [-0.25, -0.2) is 0 Å². The van der Waals surface area contributed by atoms with Crippen LogP contribution in [-0.2, 0) is 0 Å². The monoisotopic (exact) mass is 298 g/mol. The molecule has 3 rings (SSSR count). The van der Waals surface area contributed by atoms with E-state index >= 15 is 0 Å². The van der Waals surface area contributed by atoms with Gasteiger partial charge >= 0.3 is 0 Å². The third kappa shape index (κ3) is 3.23. The Morgan fingerprint density at radius 2 is 2.00 bits per heavy atom. The van der Waals surface area contributed by atoms with E-state index in [1.54, 1.807) is 0 Å². The zero-order valence-corrected chi connectivity index (χ0v) is 12.8. The molecule has 1 atom stereocenters. The first-order valence-electron chi connectivity index (χ1n) is 7.08. The van der Waals surface area contributed by atoms with Crippen molar-refractivity contribution in [2.45, 2.75) is 12.5 Å². The summed E-state index contributed by atoms with van der Waals surface area (Å²) in [6.45, 7) is 0.915. The van der Waals surface area contributed by atoms with E-state index < -0.39 is 0 Å². The van der Waals surface area contributed by atoms with Gasteiger partial charge in [0.2, 0.25) is 0 Å². The number of fused-ring (bicyclic) bond motifs is 1. The molecule has 0 aliphatic carbocycles. The molecule has 21 heavy (non-hydrogen) atoms. The lowest BCUT2D eigenvalue weighted by molar-refractivity contribution is 0.198. The van der Waals surface area contributed by atoms with Gasteiger partial charge in [0.25, 0.3) is 0 Å². The second-order valence-electron chi connectivity index (χ2n) is 4.91. The van der Waals surface area contributed by atoms with Crippen molar-refractivity contribution >= 4 is 21.6 Å². The highest BCUT2D eigenvalue weighted by Crippen LogP contribution is 2.33. The molecule has 0 unspecified atom stereocenters. The summed E-state index contributed by atoms with van der Waals surface area (Å²) < 4.78 is 11.7. The van der Waals surface area contributed by atoms with Gasteiger partial charge in [0.05, 0.1) is 4.70 Å². The molecular weight excluding hydrogens is 280 g/mol. The molecule has 4 heteroatoms. The van der Waals surface area contributed by atoms with Gasteiger partial charge in [-0.15, -0.1) is 0 Å². The Labute approximate surface area is 128 Å². The van der Waals surface area contributed by atoms with Crippen molar-refractivity contribution in [1.82, 2.24) is 9.69 Å². The average molecular weight is 298 g/mol. The fraction of sp³-hybridized carbons (Fsp3) is 0.235. The number of nitrogens with one attached hydrogen (secondary N) is 1. The van der Waals surface area contributed by atoms with Crippen molar-refractivity contribution in [2.75, 3.05) is 13.6 Å². The Morgan fingerprint density at radius 3 is 2.81 bits per heavy atom. The highest BCUT2D eigenvalue weighted by Gasteiger charge is 2.15. The highest BCUT2D eigenvalue weighted by molar-refractivity contribution is 7.13. The molecule has 0 saturated carbocycles. The smallest absolute Gasteiger partial charge is 0.139 e. The molecule has 0 aliphatic rings. The minimum Gasteiger partial charge on any atom is -0.484 e. The van der Waals surface area contributed by atoms with E-state index in [4.69, 9.17) is 4.74 Å². The summed E-state index contributed by atoms with van der Waals surface area (Å²) in [5, 5.41) is 4.33. The van der Waals surface area contributed by atoms with Gasteiger partial charge in [-0.05, 0) is 36.8 Å². The van der Waals surface area contributed by atoms with Crippen LogP contribution >= 0.6 is 11.5 Å². The Balaban J connectivity index is 1.89. The van der Waals surface area contributed by atoms with Crippen LogP contribution in [-0.4, -0.2) is 18.0 Å².